The molecule has 15 heavy (non-hydrogen) atoms. The molecule has 0 spiro atoms. The summed E-state index contributed by atoms with van der Waals surface area (Å²) in [4.78, 5) is 10.6. The van der Waals surface area contributed by atoms with Gasteiger partial charge in [-0.1, -0.05) is 0 Å². The zero-order chi connectivity index (χ0) is 10.8. The lowest BCUT2D eigenvalue weighted by molar-refractivity contribution is 0.0663. The van der Waals surface area contributed by atoms with E-state index in [1.807, 2.05) is 6.92 Å². The van der Waals surface area contributed by atoms with Crippen LogP contribution in [0.5, 0.6) is 0 Å². The summed E-state index contributed by atoms with van der Waals surface area (Å²) in [6.45, 7) is 2.71. The highest BCUT2D eigenvalue weighted by Crippen LogP contribution is 2.20. The number of hydrogen-bond acceptors (Lipinski definition) is 4. The lowest BCUT2D eigenvalue weighted by atomic mass is 10.2. The minimum absolute atomic E-state index is 0.0518. The quantitative estimate of drug-likeness (QED) is 0.793. The van der Waals surface area contributed by atoms with E-state index in [2.05, 4.69) is 5.32 Å². The summed E-state index contributed by atoms with van der Waals surface area (Å²) in [7, 11) is 0. The van der Waals surface area contributed by atoms with Gasteiger partial charge < -0.3 is 19.6 Å². The Morgan fingerprint density at radius 2 is 2.40 bits per heavy atom. The maximum Gasteiger partial charge on any atom is 0.371 e. The largest absolute Gasteiger partial charge is 0.475 e. The van der Waals surface area contributed by atoms with Gasteiger partial charge in [0.2, 0.25) is 5.76 Å². The molecule has 2 atom stereocenters. The fourth-order valence-corrected chi connectivity index (χ4v) is 1.63. The second kappa shape index (κ2) is 3.94. The van der Waals surface area contributed by atoms with Gasteiger partial charge in [-0.2, -0.15) is 0 Å². The number of anilines is 1. The molecule has 1 aromatic rings. The zero-order valence-electron chi connectivity index (χ0n) is 8.40. The molecule has 2 unspecified atom stereocenters. The van der Waals surface area contributed by atoms with Gasteiger partial charge in [0, 0.05) is 12.7 Å². The SMILES string of the molecule is CC1OCCC1Nc1ccc(C(=O)O)o1. The number of aromatic carboxylic acids is 1. The van der Waals surface area contributed by atoms with E-state index in [-0.39, 0.29) is 17.9 Å². The minimum Gasteiger partial charge on any atom is -0.475 e. The van der Waals surface area contributed by atoms with Crippen LogP contribution in [-0.4, -0.2) is 29.8 Å². The highest BCUT2D eigenvalue weighted by molar-refractivity contribution is 5.84. The molecular weight excluding hydrogens is 198 g/mol. The summed E-state index contributed by atoms with van der Waals surface area (Å²) in [5.74, 6) is -0.627. The van der Waals surface area contributed by atoms with Crippen molar-refractivity contribution in [1.29, 1.82) is 0 Å². The molecule has 0 aromatic carbocycles. The van der Waals surface area contributed by atoms with Crippen LogP contribution in [0.3, 0.4) is 0 Å². The van der Waals surface area contributed by atoms with E-state index in [9.17, 15) is 4.79 Å². The molecule has 5 nitrogen and oxygen atoms in total. The third-order valence-corrected chi connectivity index (χ3v) is 2.52. The first-order valence-electron chi connectivity index (χ1n) is 4.88. The highest BCUT2D eigenvalue weighted by atomic mass is 16.5. The van der Waals surface area contributed by atoms with Crippen LogP contribution in [0.15, 0.2) is 16.5 Å². The Labute approximate surface area is 87.0 Å². The van der Waals surface area contributed by atoms with Crippen molar-refractivity contribution >= 4 is 11.9 Å². The van der Waals surface area contributed by atoms with Gasteiger partial charge in [-0.05, 0) is 19.4 Å². The molecule has 0 aliphatic carbocycles. The molecule has 2 heterocycles. The molecule has 0 radical (unpaired) electrons. The fraction of sp³-hybridized carbons (Fsp3) is 0.500. The van der Waals surface area contributed by atoms with Gasteiger partial charge in [-0.15, -0.1) is 0 Å². The predicted molar refractivity (Wildman–Crippen MR) is 53.1 cm³/mol. The van der Waals surface area contributed by atoms with Gasteiger partial charge in [0.15, 0.2) is 5.88 Å². The summed E-state index contributed by atoms with van der Waals surface area (Å²) >= 11 is 0. The average molecular weight is 211 g/mol. The number of rotatable bonds is 3. The van der Waals surface area contributed by atoms with E-state index in [0.29, 0.717) is 5.88 Å². The first kappa shape index (κ1) is 10.0. The lowest BCUT2D eigenvalue weighted by Crippen LogP contribution is -2.26. The Morgan fingerprint density at radius 3 is 2.93 bits per heavy atom. The number of furan rings is 1. The van der Waals surface area contributed by atoms with Gasteiger partial charge in [-0.25, -0.2) is 4.79 Å². The molecule has 0 amide bonds. The van der Waals surface area contributed by atoms with Crippen LogP contribution in [-0.2, 0) is 4.74 Å². The average Bonchev–Trinajstić information content (AvgIpc) is 2.77. The molecule has 0 saturated carbocycles. The third-order valence-electron chi connectivity index (χ3n) is 2.52. The number of ether oxygens (including phenoxy) is 1. The van der Waals surface area contributed by atoms with E-state index >= 15 is 0 Å². The molecule has 0 bridgehead atoms. The van der Waals surface area contributed by atoms with Crippen molar-refractivity contribution in [3.8, 4) is 0 Å². The maximum absolute atomic E-state index is 10.6. The van der Waals surface area contributed by atoms with Crippen LogP contribution >= 0.6 is 0 Å². The summed E-state index contributed by atoms with van der Waals surface area (Å²) in [5.41, 5.74) is 0. The summed E-state index contributed by atoms with van der Waals surface area (Å²) in [6.07, 6.45) is 1.04. The summed E-state index contributed by atoms with van der Waals surface area (Å²) < 4.78 is 10.5. The molecule has 1 aliphatic heterocycles. The molecule has 1 aromatic heterocycles. The normalized spacial score (nSPS) is 25.4. The van der Waals surface area contributed by atoms with Gasteiger partial charge in [0.05, 0.1) is 12.1 Å². The highest BCUT2D eigenvalue weighted by Gasteiger charge is 2.24. The van der Waals surface area contributed by atoms with Crippen LogP contribution < -0.4 is 5.32 Å². The van der Waals surface area contributed by atoms with Crippen molar-refractivity contribution in [2.24, 2.45) is 0 Å². The maximum atomic E-state index is 10.6. The van der Waals surface area contributed by atoms with Crippen LogP contribution in [0.25, 0.3) is 0 Å². The molecule has 2 rings (SSSR count). The molecule has 1 saturated heterocycles. The topological polar surface area (TPSA) is 71.7 Å². The molecule has 5 heteroatoms. The minimum atomic E-state index is -1.06. The first-order chi connectivity index (χ1) is 7.16. The second-order valence-corrected chi connectivity index (χ2v) is 3.58. The molecule has 2 N–H and O–H groups in total. The van der Waals surface area contributed by atoms with E-state index in [1.165, 1.54) is 6.07 Å². The molecule has 1 fully saturated rings. The number of carbonyl (C=O) groups is 1. The Kier molecular flexibility index (Phi) is 2.64. The Balaban J connectivity index is 2.01. The first-order valence-corrected chi connectivity index (χ1v) is 4.88. The van der Waals surface area contributed by atoms with E-state index < -0.39 is 5.97 Å². The van der Waals surface area contributed by atoms with Crippen molar-refractivity contribution in [1.82, 2.24) is 0 Å². The van der Waals surface area contributed by atoms with Crippen molar-refractivity contribution in [2.45, 2.75) is 25.5 Å². The van der Waals surface area contributed by atoms with E-state index in [0.717, 1.165) is 13.0 Å². The van der Waals surface area contributed by atoms with Gasteiger partial charge in [0.25, 0.3) is 0 Å². The van der Waals surface area contributed by atoms with Gasteiger partial charge in [-0.3, -0.25) is 0 Å². The van der Waals surface area contributed by atoms with E-state index in [4.69, 9.17) is 14.3 Å². The van der Waals surface area contributed by atoms with Gasteiger partial charge >= 0.3 is 5.97 Å². The third kappa shape index (κ3) is 2.12. The van der Waals surface area contributed by atoms with Crippen molar-refractivity contribution in [3.63, 3.8) is 0 Å². The number of nitrogens with one attached hydrogen (secondary N) is 1. The summed E-state index contributed by atoms with van der Waals surface area (Å²) in [5, 5.41) is 11.8. The van der Waals surface area contributed by atoms with E-state index in [1.54, 1.807) is 6.07 Å². The van der Waals surface area contributed by atoms with Crippen molar-refractivity contribution in [2.75, 3.05) is 11.9 Å². The summed E-state index contributed by atoms with van der Waals surface area (Å²) in [6, 6.07) is 3.25. The fourth-order valence-electron chi connectivity index (χ4n) is 1.63. The molecule has 82 valence electrons. The Bertz CT molecular complexity index is 360. The van der Waals surface area contributed by atoms with Crippen molar-refractivity contribution < 1.29 is 19.1 Å². The zero-order valence-corrected chi connectivity index (χ0v) is 8.40. The monoisotopic (exact) mass is 211 g/mol. The molecule has 1 aliphatic rings. The van der Waals surface area contributed by atoms with Crippen LogP contribution in [0, 0.1) is 0 Å². The number of carboxylic acids is 1. The number of hydrogen-bond donors (Lipinski definition) is 2. The molecular formula is C10H13NO4. The van der Waals surface area contributed by atoms with Crippen LogP contribution in [0.2, 0.25) is 0 Å². The predicted octanol–water partition coefficient (Wildman–Crippen LogP) is 1.57. The second-order valence-electron chi connectivity index (χ2n) is 3.58. The van der Waals surface area contributed by atoms with Crippen molar-refractivity contribution in [3.05, 3.63) is 17.9 Å². The number of carboxylic acid groups (broad SMARTS) is 1. The van der Waals surface area contributed by atoms with Gasteiger partial charge in [0.1, 0.15) is 0 Å². The lowest BCUT2D eigenvalue weighted by Gasteiger charge is -2.14. The smallest absolute Gasteiger partial charge is 0.371 e. The Morgan fingerprint density at radius 1 is 1.60 bits per heavy atom. The Hall–Kier alpha value is -1.49. The van der Waals surface area contributed by atoms with Crippen LogP contribution in [0.4, 0.5) is 5.88 Å². The van der Waals surface area contributed by atoms with Crippen LogP contribution in [0.1, 0.15) is 23.9 Å². The standard InChI is InChI=1S/C10H13NO4/c1-6-7(4-5-14-6)11-9-3-2-8(15-9)10(12)13/h2-3,6-7,11H,4-5H2,1H3,(H,12,13).